The van der Waals surface area contributed by atoms with Gasteiger partial charge < -0.3 is 36.1 Å². The van der Waals surface area contributed by atoms with Crippen LogP contribution in [0, 0.1) is 5.41 Å². The number of nitrogens with one attached hydrogen (secondary N) is 4. The molecule has 0 aliphatic rings. The van der Waals surface area contributed by atoms with Crippen molar-refractivity contribution in [2.45, 2.75) is 12.5 Å². The van der Waals surface area contributed by atoms with Crippen molar-refractivity contribution >= 4 is 14.8 Å². The second-order valence-electron chi connectivity index (χ2n) is 3.72. The van der Waals surface area contributed by atoms with Crippen molar-refractivity contribution in [3.8, 4) is 0 Å². The van der Waals surface area contributed by atoms with Crippen LogP contribution in [0.1, 0.15) is 6.42 Å². The SMILES string of the molecule is N=C(N)NCCNCCNCCC[Si](O)(O)O. The zero-order valence-corrected chi connectivity index (χ0v) is 10.9. The van der Waals surface area contributed by atoms with Crippen LogP contribution in [0.4, 0.5) is 0 Å². The van der Waals surface area contributed by atoms with E-state index in [9.17, 15) is 0 Å². The molecule has 0 aromatic rings. The van der Waals surface area contributed by atoms with Gasteiger partial charge in [-0.15, -0.1) is 0 Å². The van der Waals surface area contributed by atoms with Crippen LogP contribution >= 0.6 is 0 Å². The fourth-order valence-electron chi connectivity index (χ4n) is 1.16. The van der Waals surface area contributed by atoms with Crippen molar-refractivity contribution in [1.82, 2.24) is 16.0 Å². The third-order valence-corrected chi connectivity index (χ3v) is 2.99. The first kappa shape index (κ1) is 16.3. The summed E-state index contributed by atoms with van der Waals surface area (Å²) in [5, 5.41) is 15.8. The Morgan fingerprint density at radius 1 is 1.00 bits per heavy atom. The van der Waals surface area contributed by atoms with Crippen LogP contribution in [0.5, 0.6) is 0 Å². The van der Waals surface area contributed by atoms with E-state index >= 15 is 0 Å². The summed E-state index contributed by atoms with van der Waals surface area (Å²) in [6, 6.07) is 0.0654. The highest BCUT2D eigenvalue weighted by molar-refractivity contribution is 6.56. The molecule has 0 fully saturated rings. The van der Waals surface area contributed by atoms with Gasteiger partial charge in [-0.1, -0.05) is 0 Å². The smallest absolute Gasteiger partial charge is 0.390 e. The molecule has 17 heavy (non-hydrogen) atoms. The predicted octanol–water partition coefficient (Wildman–Crippen LogP) is -3.05. The molecule has 0 aromatic heterocycles. The number of hydrogen-bond acceptors (Lipinski definition) is 6. The maximum absolute atomic E-state index is 8.74. The Labute approximate surface area is 102 Å². The van der Waals surface area contributed by atoms with Crippen molar-refractivity contribution in [3.05, 3.63) is 0 Å². The Morgan fingerprint density at radius 3 is 2.06 bits per heavy atom. The third-order valence-electron chi connectivity index (χ3n) is 1.96. The van der Waals surface area contributed by atoms with Gasteiger partial charge in [-0.3, -0.25) is 5.41 Å². The molecule has 102 valence electrons. The first-order valence-corrected chi connectivity index (χ1v) is 7.63. The second-order valence-corrected chi connectivity index (χ2v) is 5.77. The molecule has 0 spiro atoms. The third kappa shape index (κ3) is 15.3. The summed E-state index contributed by atoms with van der Waals surface area (Å²) in [4.78, 5) is 26.2. The maximum atomic E-state index is 8.74. The molecule has 0 aliphatic carbocycles. The van der Waals surface area contributed by atoms with Crippen LogP contribution < -0.4 is 21.7 Å². The van der Waals surface area contributed by atoms with Crippen LogP contribution in [-0.4, -0.2) is 61.9 Å². The Morgan fingerprint density at radius 2 is 1.53 bits per heavy atom. The molecule has 0 amide bonds. The normalized spacial score (nSPS) is 11.5. The summed E-state index contributed by atoms with van der Waals surface area (Å²) in [5.74, 6) is -0.0328. The predicted molar refractivity (Wildman–Crippen MR) is 67.5 cm³/mol. The summed E-state index contributed by atoms with van der Waals surface area (Å²) < 4.78 is 0. The first-order valence-electron chi connectivity index (χ1n) is 5.58. The fraction of sp³-hybridized carbons (Fsp3) is 0.875. The van der Waals surface area contributed by atoms with E-state index in [0.29, 0.717) is 19.5 Å². The lowest BCUT2D eigenvalue weighted by atomic mass is 10.4. The fourth-order valence-corrected chi connectivity index (χ4v) is 1.81. The molecule has 0 saturated carbocycles. The van der Waals surface area contributed by atoms with Crippen molar-refractivity contribution in [3.63, 3.8) is 0 Å². The largest absolute Gasteiger partial charge is 0.492 e. The summed E-state index contributed by atoms with van der Waals surface area (Å²) in [7, 11) is -3.85. The van der Waals surface area contributed by atoms with Gasteiger partial charge in [-0.2, -0.15) is 0 Å². The van der Waals surface area contributed by atoms with E-state index in [1.807, 2.05) is 0 Å². The molecule has 0 bridgehead atoms. The van der Waals surface area contributed by atoms with Crippen molar-refractivity contribution < 1.29 is 14.4 Å². The lowest BCUT2D eigenvalue weighted by Crippen LogP contribution is -2.38. The molecule has 0 rings (SSSR count). The molecule has 9 N–H and O–H groups in total. The van der Waals surface area contributed by atoms with E-state index in [4.69, 9.17) is 25.5 Å². The number of guanidine groups is 1. The summed E-state index contributed by atoms with van der Waals surface area (Å²) >= 11 is 0. The number of nitrogens with two attached hydrogens (primary N) is 1. The maximum Gasteiger partial charge on any atom is 0.492 e. The van der Waals surface area contributed by atoms with Gasteiger partial charge in [0.2, 0.25) is 0 Å². The highest BCUT2D eigenvalue weighted by Gasteiger charge is 2.25. The quantitative estimate of drug-likeness (QED) is 0.0906. The van der Waals surface area contributed by atoms with Crippen LogP contribution in [0.2, 0.25) is 6.04 Å². The number of rotatable bonds is 10. The zero-order chi connectivity index (χ0) is 13.1. The molecular weight excluding hydrogens is 242 g/mol. The van der Waals surface area contributed by atoms with Gasteiger partial charge in [0.25, 0.3) is 0 Å². The van der Waals surface area contributed by atoms with Gasteiger partial charge in [-0.25, -0.2) is 0 Å². The van der Waals surface area contributed by atoms with Gasteiger partial charge in [0.05, 0.1) is 0 Å². The van der Waals surface area contributed by atoms with Crippen molar-refractivity contribution in [2.75, 3.05) is 32.7 Å². The molecular formula is C8H23N5O3Si. The highest BCUT2D eigenvalue weighted by Crippen LogP contribution is 1.98. The van der Waals surface area contributed by atoms with Gasteiger partial charge in [0.15, 0.2) is 5.96 Å². The van der Waals surface area contributed by atoms with Gasteiger partial charge >= 0.3 is 8.80 Å². The molecule has 0 saturated heterocycles. The number of hydrogen-bond donors (Lipinski definition) is 8. The van der Waals surface area contributed by atoms with Crippen LogP contribution in [-0.2, 0) is 0 Å². The monoisotopic (exact) mass is 265 g/mol. The van der Waals surface area contributed by atoms with Crippen molar-refractivity contribution in [2.24, 2.45) is 5.73 Å². The van der Waals surface area contributed by atoms with Gasteiger partial charge in [0.1, 0.15) is 0 Å². The van der Waals surface area contributed by atoms with Gasteiger partial charge in [-0.05, 0) is 13.0 Å². The zero-order valence-electron chi connectivity index (χ0n) is 9.87. The summed E-state index contributed by atoms with van der Waals surface area (Å²) in [5.41, 5.74) is 5.10. The minimum Gasteiger partial charge on any atom is -0.390 e. The van der Waals surface area contributed by atoms with E-state index in [1.165, 1.54) is 0 Å². The van der Waals surface area contributed by atoms with Crippen molar-refractivity contribution in [1.29, 1.82) is 5.41 Å². The Hall–Kier alpha value is -0.713. The molecule has 9 heteroatoms. The van der Waals surface area contributed by atoms with Gasteiger partial charge in [0, 0.05) is 32.2 Å². The molecule has 0 atom stereocenters. The standard InChI is InChI=1S/C8H23N5O3Si/c9-8(10)13-6-5-12-4-3-11-2-1-7-17(14,15)16/h11-12,14-16H,1-7H2,(H4,9,10,13). The minimum atomic E-state index is -3.85. The lowest BCUT2D eigenvalue weighted by molar-refractivity contribution is 0.226. The van der Waals surface area contributed by atoms with Crippen LogP contribution in [0.15, 0.2) is 0 Å². The first-order chi connectivity index (χ1) is 7.92. The molecule has 0 aliphatic heterocycles. The topological polar surface area (TPSA) is 147 Å². The minimum absolute atomic E-state index is 0.0328. The molecule has 0 heterocycles. The molecule has 8 nitrogen and oxygen atoms in total. The van der Waals surface area contributed by atoms with E-state index in [0.717, 1.165) is 19.6 Å². The second kappa shape index (κ2) is 9.33. The summed E-state index contributed by atoms with van der Waals surface area (Å²) in [6.07, 6.45) is 0.543. The Balaban J connectivity index is 3.06. The van der Waals surface area contributed by atoms with E-state index in [1.54, 1.807) is 0 Å². The highest BCUT2D eigenvalue weighted by atomic mass is 28.4. The molecule has 0 unspecified atom stereocenters. The van der Waals surface area contributed by atoms with Crippen LogP contribution in [0.25, 0.3) is 0 Å². The summed E-state index contributed by atoms with van der Waals surface area (Å²) in [6.45, 7) is 3.52. The van der Waals surface area contributed by atoms with Crippen LogP contribution in [0.3, 0.4) is 0 Å². The van der Waals surface area contributed by atoms with E-state index in [-0.39, 0.29) is 12.0 Å². The molecule has 0 radical (unpaired) electrons. The van der Waals surface area contributed by atoms with E-state index in [2.05, 4.69) is 16.0 Å². The Kier molecular flexibility index (Phi) is 8.94. The molecule has 0 aromatic carbocycles. The Bertz CT molecular complexity index is 212. The lowest BCUT2D eigenvalue weighted by Gasteiger charge is -2.10. The van der Waals surface area contributed by atoms with E-state index < -0.39 is 8.80 Å². The average Bonchev–Trinajstić information content (AvgIpc) is 2.18. The average molecular weight is 265 g/mol.